The fraction of sp³-hybridized carbons (Fsp3) is 0.500. The molecule has 4 heteroatoms. The van der Waals surface area contributed by atoms with Crippen LogP contribution in [0.5, 0.6) is 0 Å². The molecular weight excluding hydrogens is 212 g/mol. The molecule has 0 aromatic heterocycles. The Labute approximate surface area is 94.1 Å². The van der Waals surface area contributed by atoms with Gasteiger partial charge in [0.1, 0.15) is 0 Å². The van der Waals surface area contributed by atoms with E-state index in [2.05, 4.69) is 0 Å². The summed E-state index contributed by atoms with van der Waals surface area (Å²) in [5, 5.41) is 9.59. The second kappa shape index (κ2) is 5.37. The summed E-state index contributed by atoms with van der Waals surface area (Å²) in [6.07, 6.45) is -0.203. The van der Waals surface area contributed by atoms with Crippen molar-refractivity contribution in [2.45, 2.75) is 38.3 Å². The molecule has 0 radical (unpaired) electrons. The van der Waals surface area contributed by atoms with E-state index in [9.17, 15) is 13.9 Å². The predicted octanol–water partition coefficient (Wildman–Crippen LogP) is 2.17. The molecule has 1 aromatic carbocycles. The van der Waals surface area contributed by atoms with Gasteiger partial charge in [0.15, 0.2) is 11.6 Å². The first-order chi connectivity index (χ1) is 7.41. The van der Waals surface area contributed by atoms with Crippen LogP contribution < -0.4 is 5.73 Å². The summed E-state index contributed by atoms with van der Waals surface area (Å²) in [4.78, 5) is 0. The fourth-order valence-electron chi connectivity index (χ4n) is 1.53. The van der Waals surface area contributed by atoms with Crippen molar-refractivity contribution in [1.29, 1.82) is 0 Å². The Morgan fingerprint density at radius 3 is 2.38 bits per heavy atom. The van der Waals surface area contributed by atoms with E-state index in [1.165, 1.54) is 6.07 Å². The second-order valence-corrected chi connectivity index (χ2v) is 4.24. The summed E-state index contributed by atoms with van der Waals surface area (Å²) in [5.74, 6) is -1.78. The lowest BCUT2D eigenvalue weighted by Crippen LogP contribution is -2.32. The van der Waals surface area contributed by atoms with E-state index >= 15 is 0 Å². The van der Waals surface area contributed by atoms with Crippen LogP contribution in [-0.4, -0.2) is 17.3 Å². The number of benzene rings is 1. The minimum atomic E-state index is -0.861. The Bertz CT molecular complexity index is 355. The summed E-state index contributed by atoms with van der Waals surface area (Å²) in [5.41, 5.74) is 6.20. The van der Waals surface area contributed by atoms with Crippen molar-refractivity contribution in [3.63, 3.8) is 0 Å². The number of hydrogen-bond donors (Lipinski definition) is 2. The van der Waals surface area contributed by atoms with Crippen LogP contribution in [0.2, 0.25) is 0 Å². The Kier molecular flexibility index (Phi) is 4.38. The maximum atomic E-state index is 13.0. The van der Waals surface area contributed by atoms with Gasteiger partial charge in [-0.3, -0.25) is 0 Å². The highest BCUT2D eigenvalue weighted by molar-refractivity contribution is 5.21. The monoisotopic (exact) mass is 229 g/mol. The quantitative estimate of drug-likeness (QED) is 0.831. The molecule has 1 aromatic rings. The molecule has 90 valence electrons. The molecule has 0 saturated carbocycles. The van der Waals surface area contributed by atoms with Crippen molar-refractivity contribution < 1.29 is 13.9 Å². The van der Waals surface area contributed by atoms with E-state index in [4.69, 9.17) is 5.73 Å². The molecule has 0 heterocycles. The average molecular weight is 229 g/mol. The van der Waals surface area contributed by atoms with Gasteiger partial charge in [0.2, 0.25) is 0 Å². The standard InChI is InChI=1S/C12H17F2NO/c1-7(5-12(16)8(2)15)9-3-4-10(13)11(14)6-9/h3-4,6-8,12,16H,5,15H2,1-2H3. The molecule has 0 aliphatic rings. The van der Waals surface area contributed by atoms with Gasteiger partial charge < -0.3 is 10.8 Å². The number of aliphatic hydroxyl groups is 1. The topological polar surface area (TPSA) is 46.2 Å². The van der Waals surface area contributed by atoms with Gasteiger partial charge in [-0.2, -0.15) is 0 Å². The lowest BCUT2D eigenvalue weighted by Gasteiger charge is -2.19. The van der Waals surface area contributed by atoms with Crippen molar-refractivity contribution in [2.24, 2.45) is 5.73 Å². The van der Waals surface area contributed by atoms with Crippen LogP contribution in [0.1, 0.15) is 31.7 Å². The first-order valence-corrected chi connectivity index (χ1v) is 5.30. The third kappa shape index (κ3) is 3.25. The fourth-order valence-corrected chi connectivity index (χ4v) is 1.53. The van der Waals surface area contributed by atoms with Crippen LogP contribution in [0.4, 0.5) is 8.78 Å². The van der Waals surface area contributed by atoms with Gasteiger partial charge in [0, 0.05) is 6.04 Å². The van der Waals surface area contributed by atoms with Crippen LogP contribution in [0, 0.1) is 11.6 Å². The third-order valence-electron chi connectivity index (χ3n) is 2.71. The first kappa shape index (κ1) is 13.1. The van der Waals surface area contributed by atoms with Gasteiger partial charge in [-0.25, -0.2) is 8.78 Å². The molecule has 3 unspecified atom stereocenters. The van der Waals surface area contributed by atoms with Gasteiger partial charge in [0.05, 0.1) is 6.10 Å². The summed E-state index contributed by atoms with van der Waals surface area (Å²) < 4.78 is 25.7. The smallest absolute Gasteiger partial charge is 0.159 e. The largest absolute Gasteiger partial charge is 0.392 e. The van der Waals surface area contributed by atoms with Gasteiger partial charge in [0.25, 0.3) is 0 Å². The SMILES string of the molecule is CC(CC(O)C(C)N)c1ccc(F)c(F)c1. The highest BCUT2D eigenvalue weighted by atomic mass is 19.2. The first-order valence-electron chi connectivity index (χ1n) is 5.30. The van der Waals surface area contributed by atoms with E-state index in [-0.39, 0.29) is 12.0 Å². The lowest BCUT2D eigenvalue weighted by atomic mass is 9.93. The molecule has 0 bridgehead atoms. The summed E-state index contributed by atoms with van der Waals surface area (Å²) >= 11 is 0. The van der Waals surface area contributed by atoms with E-state index < -0.39 is 17.7 Å². The second-order valence-electron chi connectivity index (χ2n) is 4.24. The zero-order valence-corrected chi connectivity index (χ0v) is 9.45. The Morgan fingerprint density at radius 2 is 1.88 bits per heavy atom. The van der Waals surface area contributed by atoms with E-state index in [1.54, 1.807) is 6.92 Å². The van der Waals surface area contributed by atoms with E-state index in [1.807, 2.05) is 6.92 Å². The molecule has 3 atom stereocenters. The molecular formula is C12H17F2NO. The minimum Gasteiger partial charge on any atom is -0.392 e. The number of hydrogen-bond acceptors (Lipinski definition) is 2. The number of rotatable bonds is 4. The van der Waals surface area contributed by atoms with Crippen LogP contribution >= 0.6 is 0 Å². The summed E-state index contributed by atoms with van der Waals surface area (Å²) in [6.45, 7) is 3.56. The van der Waals surface area contributed by atoms with Crippen LogP contribution in [0.15, 0.2) is 18.2 Å². The number of halogens is 2. The van der Waals surface area contributed by atoms with Crippen molar-refractivity contribution in [3.05, 3.63) is 35.4 Å². The zero-order valence-electron chi connectivity index (χ0n) is 9.45. The van der Waals surface area contributed by atoms with Gasteiger partial charge >= 0.3 is 0 Å². The normalized spacial score (nSPS) is 16.9. The summed E-state index contributed by atoms with van der Waals surface area (Å²) in [7, 11) is 0. The highest BCUT2D eigenvalue weighted by Gasteiger charge is 2.16. The maximum absolute atomic E-state index is 13.0. The van der Waals surface area contributed by atoms with Crippen LogP contribution in [-0.2, 0) is 0 Å². The van der Waals surface area contributed by atoms with Crippen molar-refractivity contribution >= 4 is 0 Å². The third-order valence-corrected chi connectivity index (χ3v) is 2.71. The molecule has 0 saturated heterocycles. The Balaban J connectivity index is 2.73. The van der Waals surface area contributed by atoms with Crippen molar-refractivity contribution in [1.82, 2.24) is 0 Å². The molecule has 1 rings (SSSR count). The minimum absolute atomic E-state index is 0.0592. The number of aliphatic hydroxyl groups excluding tert-OH is 1. The Hall–Kier alpha value is -1.00. The molecule has 2 nitrogen and oxygen atoms in total. The highest BCUT2D eigenvalue weighted by Crippen LogP contribution is 2.23. The lowest BCUT2D eigenvalue weighted by molar-refractivity contribution is 0.134. The molecule has 16 heavy (non-hydrogen) atoms. The van der Waals surface area contributed by atoms with Crippen molar-refractivity contribution in [3.8, 4) is 0 Å². The van der Waals surface area contributed by atoms with Gasteiger partial charge in [-0.15, -0.1) is 0 Å². The molecule has 0 aliphatic carbocycles. The molecule has 3 N–H and O–H groups in total. The van der Waals surface area contributed by atoms with E-state index in [0.29, 0.717) is 12.0 Å². The van der Waals surface area contributed by atoms with Crippen molar-refractivity contribution in [2.75, 3.05) is 0 Å². The van der Waals surface area contributed by atoms with Crippen LogP contribution in [0.25, 0.3) is 0 Å². The maximum Gasteiger partial charge on any atom is 0.159 e. The predicted molar refractivity (Wildman–Crippen MR) is 59.0 cm³/mol. The zero-order chi connectivity index (χ0) is 12.3. The molecule has 0 amide bonds. The number of nitrogens with two attached hydrogens (primary N) is 1. The molecule has 0 fully saturated rings. The Morgan fingerprint density at radius 1 is 1.25 bits per heavy atom. The van der Waals surface area contributed by atoms with Gasteiger partial charge in [-0.1, -0.05) is 13.0 Å². The average Bonchev–Trinajstić information content (AvgIpc) is 2.21. The van der Waals surface area contributed by atoms with E-state index in [0.717, 1.165) is 12.1 Å². The molecule has 0 spiro atoms. The summed E-state index contributed by atoms with van der Waals surface area (Å²) in [6, 6.07) is 3.46. The van der Waals surface area contributed by atoms with Gasteiger partial charge in [-0.05, 0) is 37.0 Å². The van der Waals surface area contributed by atoms with Crippen LogP contribution in [0.3, 0.4) is 0 Å². The molecule has 0 aliphatic heterocycles.